The van der Waals surface area contributed by atoms with Crippen LogP contribution >= 0.6 is 7.67 Å². The fourth-order valence-corrected chi connectivity index (χ4v) is 5.81. The molecule has 1 aromatic rings. The second-order valence-electron chi connectivity index (χ2n) is 10.7. The number of esters is 2. The molecule has 0 aliphatic rings. The van der Waals surface area contributed by atoms with Crippen LogP contribution in [0, 0.1) is 0 Å². The molecule has 0 amide bonds. The number of unbranched alkanes of at least 4 members (excludes halogenated alkanes) is 6. The van der Waals surface area contributed by atoms with Gasteiger partial charge in [0.15, 0.2) is 12.4 Å². The Balaban J connectivity index is 3.09. The van der Waals surface area contributed by atoms with Gasteiger partial charge in [-0.05, 0) is 38.3 Å². The van der Waals surface area contributed by atoms with Gasteiger partial charge >= 0.3 is 25.3 Å². The summed E-state index contributed by atoms with van der Waals surface area (Å²) in [6, 6.07) is -3.17. The Kier molecular flexibility index (Phi) is 19.2. The minimum Gasteiger partial charge on any atom is -0.465 e. The molecule has 1 aromatic heterocycles. The van der Waals surface area contributed by atoms with Gasteiger partial charge in [-0.1, -0.05) is 57.5 Å². The highest BCUT2D eigenvalue weighted by atomic mass is 31.2. The van der Waals surface area contributed by atoms with Crippen molar-refractivity contribution in [2.24, 2.45) is 5.11 Å². The summed E-state index contributed by atoms with van der Waals surface area (Å²) in [6.45, 7) is 6.08. The Morgan fingerprint density at radius 2 is 1.59 bits per heavy atom. The van der Waals surface area contributed by atoms with Crippen molar-refractivity contribution in [2.45, 2.75) is 116 Å². The summed E-state index contributed by atoms with van der Waals surface area (Å²) in [6.07, 6.45) is 0.601. The first-order valence-corrected chi connectivity index (χ1v) is 16.9. The highest BCUT2D eigenvalue weighted by Crippen LogP contribution is 2.40. The van der Waals surface area contributed by atoms with Crippen LogP contribution in [-0.2, 0) is 28.2 Å². The molecule has 0 fully saturated rings. The van der Waals surface area contributed by atoms with Gasteiger partial charge in [-0.15, -0.1) is 0 Å². The second kappa shape index (κ2) is 21.6. The maximum atomic E-state index is 15.2. The number of rotatable bonds is 24. The first kappa shape index (κ1) is 40.9. The summed E-state index contributed by atoms with van der Waals surface area (Å²) in [5, 5.41) is 29.2. The summed E-state index contributed by atoms with van der Waals surface area (Å²) in [5.41, 5.74) is 13.3. The fraction of sp³-hybridized carbons (Fsp3) is 0.778. The summed E-state index contributed by atoms with van der Waals surface area (Å²) < 4.78 is 45.5. The first-order chi connectivity index (χ1) is 21.8. The van der Waals surface area contributed by atoms with Gasteiger partial charge in [0, 0.05) is 11.1 Å². The van der Waals surface area contributed by atoms with Gasteiger partial charge in [0.05, 0.1) is 25.9 Å². The third-order valence-corrected chi connectivity index (χ3v) is 8.65. The Hall–Kier alpha value is -3.11. The third kappa shape index (κ3) is 14.5. The van der Waals surface area contributed by atoms with Gasteiger partial charge in [-0.25, -0.2) is 19.4 Å². The molecule has 17 nitrogen and oxygen atoms in total. The predicted octanol–water partition coefficient (Wildman–Crippen LogP) is 3.02. The van der Waals surface area contributed by atoms with Crippen molar-refractivity contribution in [2.75, 3.05) is 25.6 Å². The molecule has 0 bridgehead atoms. The highest BCUT2D eigenvalue weighted by molar-refractivity contribution is 7.54. The van der Waals surface area contributed by atoms with E-state index < -0.39 is 68.5 Å². The molecule has 0 unspecified atom stereocenters. The number of halogens is 1. The average Bonchev–Trinajstić information content (AvgIpc) is 3.01. The van der Waals surface area contributed by atoms with E-state index in [4.69, 9.17) is 25.3 Å². The number of aromatic nitrogens is 2. The van der Waals surface area contributed by atoms with Gasteiger partial charge in [-0.2, -0.15) is 4.98 Å². The van der Waals surface area contributed by atoms with Crippen LogP contribution in [0.1, 0.15) is 85.3 Å². The van der Waals surface area contributed by atoms with Crippen LogP contribution in [0.3, 0.4) is 0 Å². The molecule has 0 spiro atoms. The van der Waals surface area contributed by atoms with E-state index in [1.807, 2.05) is 13.8 Å². The maximum absolute atomic E-state index is 15.2. The van der Waals surface area contributed by atoms with Crippen molar-refractivity contribution in [1.82, 2.24) is 19.7 Å². The second-order valence-corrected chi connectivity index (χ2v) is 12.5. The number of anilines is 1. The lowest BCUT2D eigenvalue weighted by Crippen LogP contribution is -2.45. The number of aliphatic hydroxyl groups excluding tert-OH is 2. The summed E-state index contributed by atoms with van der Waals surface area (Å²) >= 11 is 0. The van der Waals surface area contributed by atoms with Crippen LogP contribution < -0.4 is 21.6 Å². The third-order valence-electron chi connectivity index (χ3n) is 6.69. The van der Waals surface area contributed by atoms with Crippen molar-refractivity contribution >= 4 is 25.4 Å². The number of carbonyl (C=O) groups is 2. The standard InChI is InChI=1S/C27H48FN8O9P/c1-5-7-9-11-15-43-25(39)18(3)33-46(42,34-19(4)26(40)44-16-12-10-8-6-2)45-17-20(32-35-30)23(37)22(28)24(38)36-14-13-21(29)31-27(36)41/h13-14,18-20,22-24,37-38H,5-12,15-17H2,1-4H3,(H2,29,31,41)(H2,33,34,42)/t18-,19-,20-,22+,23+,24+/m0/s1. The van der Waals surface area contributed by atoms with E-state index in [0.717, 1.165) is 50.8 Å². The molecule has 0 aromatic carbocycles. The number of nitrogens with zero attached hydrogens (tertiary/aromatic N) is 5. The molecule has 46 heavy (non-hydrogen) atoms. The lowest BCUT2D eigenvalue weighted by Gasteiger charge is -2.29. The number of hydrogen-bond donors (Lipinski definition) is 5. The molecule has 0 aliphatic carbocycles. The molecule has 0 aliphatic heterocycles. The molecule has 0 saturated carbocycles. The summed E-state index contributed by atoms with van der Waals surface area (Å²) in [7, 11) is -4.44. The molecular formula is C27H48FN8O9P. The van der Waals surface area contributed by atoms with Crippen LogP contribution in [0.5, 0.6) is 0 Å². The molecule has 1 heterocycles. The predicted molar refractivity (Wildman–Crippen MR) is 167 cm³/mol. The Morgan fingerprint density at radius 1 is 1.07 bits per heavy atom. The summed E-state index contributed by atoms with van der Waals surface area (Å²) in [4.78, 5) is 43.1. The number of hydrogen-bond acceptors (Lipinski definition) is 12. The number of azide groups is 1. The summed E-state index contributed by atoms with van der Waals surface area (Å²) in [5.74, 6) is -1.73. The van der Waals surface area contributed by atoms with Crippen LogP contribution in [0.25, 0.3) is 10.4 Å². The van der Waals surface area contributed by atoms with Gasteiger partial charge in [0.2, 0.25) is 0 Å². The van der Waals surface area contributed by atoms with Crippen molar-refractivity contribution in [3.05, 3.63) is 33.2 Å². The van der Waals surface area contributed by atoms with E-state index >= 15 is 4.39 Å². The van der Waals surface area contributed by atoms with Crippen molar-refractivity contribution in [3.8, 4) is 0 Å². The highest BCUT2D eigenvalue weighted by Gasteiger charge is 2.38. The van der Waals surface area contributed by atoms with Crippen LogP contribution in [-0.4, -0.2) is 81.9 Å². The number of aliphatic hydroxyl groups is 2. The molecule has 1 rings (SSSR count). The number of ether oxygens (including phenoxy) is 2. The Bertz CT molecular complexity index is 1200. The van der Waals surface area contributed by atoms with E-state index in [9.17, 15) is 29.2 Å². The SMILES string of the molecule is CCCCCCOC(=O)[C@H](C)NP(=O)(N[C@@H](C)C(=O)OCCCCCC)OC[C@H](N=[N+]=[N-])[C@@H](O)[C@@H](F)[C@@H](O)n1ccc(N)nc1=O. The first-order valence-electron chi connectivity index (χ1n) is 15.3. The number of nitrogen functional groups attached to an aromatic ring is 1. The average molecular weight is 679 g/mol. The van der Waals surface area contributed by atoms with Crippen LogP contribution in [0.15, 0.2) is 22.2 Å². The monoisotopic (exact) mass is 678 g/mol. The molecule has 6 atom stereocenters. The van der Waals surface area contributed by atoms with E-state index in [2.05, 4.69) is 25.2 Å². The van der Waals surface area contributed by atoms with Gasteiger partial charge in [0.1, 0.15) is 24.0 Å². The topological polar surface area (TPSA) is 253 Å². The largest absolute Gasteiger partial charge is 0.465 e. The minimum absolute atomic E-state index is 0.127. The molecule has 0 radical (unpaired) electrons. The van der Waals surface area contributed by atoms with E-state index in [1.54, 1.807) is 0 Å². The van der Waals surface area contributed by atoms with Crippen molar-refractivity contribution in [1.29, 1.82) is 0 Å². The van der Waals surface area contributed by atoms with E-state index in [-0.39, 0.29) is 19.0 Å². The zero-order chi connectivity index (χ0) is 34.7. The number of carbonyl (C=O) groups excluding carboxylic acids is 2. The van der Waals surface area contributed by atoms with Crippen LogP contribution in [0.2, 0.25) is 0 Å². The van der Waals surface area contributed by atoms with Crippen molar-refractivity contribution < 1.29 is 42.8 Å². The van der Waals surface area contributed by atoms with Gasteiger partial charge < -0.3 is 29.9 Å². The quantitative estimate of drug-likeness (QED) is 0.0264. The lowest BCUT2D eigenvalue weighted by atomic mass is 10.1. The zero-order valence-electron chi connectivity index (χ0n) is 26.8. The molecule has 0 saturated heterocycles. The normalized spacial score (nSPS) is 15.5. The van der Waals surface area contributed by atoms with Crippen molar-refractivity contribution in [3.63, 3.8) is 0 Å². The zero-order valence-corrected chi connectivity index (χ0v) is 27.7. The smallest absolute Gasteiger partial charge is 0.351 e. The lowest BCUT2D eigenvalue weighted by molar-refractivity contribution is -0.145. The van der Waals surface area contributed by atoms with E-state index in [0.29, 0.717) is 17.4 Å². The Morgan fingerprint density at radius 3 is 2.04 bits per heavy atom. The molecule has 262 valence electrons. The number of nitrogens with one attached hydrogen (secondary N) is 2. The molecule has 19 heteroatoms. The number of nitrogens with two attached hydrogens (primary N) is 1. The fourth-order valence-electron chi connectivity index (χ4n) is 4.00. The van der Waals surface area contributed by atoms with E-state index in [1.165, 1.54) is 13.8 Å². The van der Waals surface area contributed by atoms with Gasteiger partial charge in [0.25, 0.3) is 0 Å². The molecular weight excluding hydrogens is 630 g/mol. The van der Waals surface area contributed by atoms with Crippen LogP contribution in [0.4, 0.5) is 10.2 Å². The maximum Gasteiger partial charge on any atom is 0.351 e. The minimum atomic E-state index is -4.44. The number of alkyl halides is 1. The van der Waals surface area contributed by atoms with Gasteiger partial charge in [-0.3, -0.25) is 18.7 Å². The Labute approximate surface area is 267 Å². The molecule has 6 N–H and O–H groups in total.